The number of para-hydroxylation sites is 4. The van der Waals surface area contributed by atoms with Crippen molar-refractivity contribution >= 4 is 71.6 Å². The van der Waals surface area contributed by atoms with Crippen molar-refractivity contribution in [3.63, 3.8) is 0 Å². The molecule has 286 valence electrons. The Morgan fingerprint density at radius 3 is 1.97 bits per heavy atom. The number of furan rings is 2. The van der Waals surface area contributed by atoms with Crippen LogP contribution in [0.3, 0.4) is 0 Å². The molecule has 0 fully saturated rings. The molecule has 0 spiro atoms. The molecular weight excluding hydrogens is 743 g/mol. The highest BCUT2D eigenvalue weighted by molar-refractivity contribution is 6.08. The SMILES string of the molecule is c1c(-c2ccccc2N(C2=CC=C(c3cccc4c3oc3ccccc34)CC2)c2ccc(-c3cccc(-c4cccc5ccccc45)c3)cc2)cc2oc3ccccc3c2c#1. The Balaban J connectivity index is 0.965. The number of anilines is 2. The molecule has 0 amide bonds. The van der Waals surface area contributed by atoms with Crippen LogP contribution >= 0.6 is 0 Å². The Hall–Kier alpha value is -8.06. The second kappa shape index (κ2) is 14.3. The van der Waals surface area contributed by atoms with Gasteiger partial charge in [-0.2, -0.15) is 0 Å². The lowest BCUT2D eigenvalue weighted by molar-refractivity contribution is 0.667. The Kier molecular flexibility index (Phi) is 8.21. The summed E-state index contributed by atoms with van der Waals surface area (Å²) in [7, 11) is 0. The number of fused-ring (bicyclic) bond motifs is 7. The van der Waals surface area contributed by atoms with Crippen LogP contribution in [-0.4, -0.2) is 0 Å². The van der Waals surface area contributed by atoms with Crippen molar-refractivity contribution in [2.24, 2.45) is 0 Å². The smallest absolute Gasteiger partial charge is 0.145 e. The maximum Gasteiger partial charge on any atom is 0.145 e. The summed E-state index contributed by atoms with van der Waals surface area (Å²) in [5.41, 5.74) is 16.0. The number of hydrogen-bond donors (Lipinski definition) is 0. The fraction of sp³-hybridized carbons (Fsp3) is 0.0345. The van der Waals surface area contributed by atoms with Gasteiger partial charge in [-0.05, 0) is 106 Å². The second-order valence-electron chi connectivity index (χ2n) is 15.8. The highest BCUT2D eigenvalue weighted by Gasteiger charge is 2.23. The largest absolute Gasteiger partial charge is 0.455 e. The van der Waals surface area contributed by atoms with Crippen molar-refractivity contribution in [1.29, 1.82) is 0 Å². The van der Waals surface area contributed by atoms with Crippen molar-refractivity contribution in [2.75, 3.05) is 4.90 Å². The first kappa shape index (κ1) is 34.9. The topological polar surface area (TPSA) is 29.5 Å². The molecule has 3 nitrogen and oxygen atoms in total. The van der Waals surface area contributed by atoms with E-state index < -0.39 is 0 Å². The van der Waals surface area contributed by atoms with E-state index in [1.165, 1.54) is 38.7 Å². The van der Waals surface area contributed by atoms with E-state index >= 15 is 0 Å². The average molecular weight is 780 g/mol. The second-order valence-corrected chi connectivity index (χ2v) is 15.8. The first-order valence-corrected chi connectivity index (χ1v) is 20.9. The molecule has 0 N–H and O–H groups in total. The van der Waals surface area contributed by atoms with Crippen molar-refractivity contribution in [3.8, 4) is 33.4 Å². The summed E-state index contributed by atoms with van der Waals surface area (Å²) < 4.78 is 12.8. The summed E-state index contributed by atoms with van der Waals surface area (Å²) in [4.78, 5) is 2.41. The van der Waals surface area contributed by atoms with Crippen LogP contribution in [0.4, 0.5) is 11.4 Å². The van der Waals surface area contributed by atoms with Crippen LogP contribution in [0.15, 0.2) is 215 Å². The number of hydrogen-bond acceptors (Lipinski definition) is 3. The summed E-state index contributed by atoms with van der Waals surface area (Å²) >= 11 is 0. The van der Waals surface area contributed by atoms with Gasteiger partial charge in [0.2, 0.25) is 0 Å². The van der Waals surface area contributed by atoms with Gasteiger partial charge in [0.05, 0.1) is 11.1 Å². The molecule has 2 aromatic heterocycles. The fourth-order valence-electron chi connectivity index (χ4n) is 9.28. The monoisotopic (exact) mass is 779 g/mol. The molecule has 2 heterocycles. The van der Waals surface area contributed by atoms with E-state index in [-0.39, 0.29) is 0 Å². The van der Waals surface area contributed by atoms with Crippen molar-refractivity contribution in [3.05, 3.63) is 224 Å². The third-order valence-electron chi connectivity index (χ3n) is 12.2. The molecule has 0 atom stereocenters. The summed E-state index contributed by atoms with van der Waals surface area (Å²) in [6.07, 6.45) is 6.27. The fourth-order valence-corrected chi connectivity index (χ4v) is 9.28. The quantitative estimate of drug-likeness (QED) is 0.161. The molecular formula is C58H37NO2. The van der Waals surface area contributed by atoms with E-state index in [4.69, 9.17) is 8.83 Å². The normalized spacial score (nSPS) is 12.9. The average Bonchev–Trinajstić information content (AvgIpc) is 3.90. The molecule has 9 aromatic carbocycles. The highest BCUT2D eigenvalue weighted by atomic mass is 16.3. The molecule has 0 unspecified atom stereocenters. The molecule has 3 heteroatoms. The minimum absolute atomic E-state index is 0.801. The maximum atomic E-state index is 6.48. The van der Waals surface area contributed by atoms with Gasteiger partial charge < -0.3 is 13.7 Å². The van der Waals surface area contributed by atoms with Gasteiger partial charge in [-0.15, -0.1) is 0 Å². The van der Waals surface area contributed by atoms with Crippen molar-refractivity contribution in [1.82, 2.24) is 0 Å². The van der Waals surface area contributed by atoms with Crippen LogP contribution in [0.1, 0.15) is 18.4 Å². The van der Waals surface area contributed by atoms with E-state index in [0.717, 1.165) is 90.3 Å². The Bertz CT molecular complexity index is 3540. The molecule has 0 saturated heterocycles. The van der Waals surface area contributed by atoms with Crippen molar-refractivity contribution in [2.45, 2.75) is 12.8 Å². The number of rotatable bonds is 7. The van der Waals surface area contributed by atoms with Crippen LogP contribution in [0.2, 0.25) is 0 Å². The molecule has 0 bridgehead atoms. The van der Waals surface area contributed by atoms with Gasteiger partial charge in [0.25, 0.3) is 0 Å². The molecule has 11 aromatic rings. The lowest BCUT2D eigenvalue weighted by atomic mass is 9.93. The molecule has 0 aliphatic heterocycles. The lowest BCUT2D eigenvalue weighted by Gasteiger charge is -2.31. The van der Waals surface area contributed by atoms with Crippen LogP contribution in [0.25, 0.3) is 93.6 Å². The van der Waals surface area contributed by atoms with Crippen LogP contribution in [0, 0.1) is 12.1 Å². The van der Waals surface area contributed by atoms with Crippen LogP contribution < -0.4 is 4.90 Å². The Morgan fingerprint density at radius 1 is 0.426 bits per heavy atom. The summed E-state index contributed by atoms with van der Waals surface area (Å²) in [5.74, 6) is 0. The molecule has 0 saturated carbocycles. The first-order valence-electron chi connectivity index (χ1n) is 20.9. The van der Waals surface area contributed by atoms with Gasteiger partial charge in [0.1, 0.15) is 22.3 Å². The zero-order valence-electron chi connectivity index (χ0n) is 33.2. The zero-order chi connectivity index (χ0) is 40.3. The summed E-state index contributed by atoms with van der Waals surface area (Å²) in [5, 5.41) is 6.79. The first-order chi connectivity index (χ1) is 30.2. The standard InChI is InChI=1S/C58H37NO2/c1-2-16-46-39(12-1)13-10-20-47(46)42-15-9-14-41(36-42)38-26-31-44(32-27-38)59(45-33-28-40(29-34-45)49-21-11-22-53-51-19-5-8-25-56(51)61-58(49)53)54-23-6-3-17-48(54)43-30-35-52-50-18-4-7-24-55(50)60-57(52)37-43/h1-28,31-33,36-37H,29,34H2. The third kappa shape index (κ3) is 6.00. The predicted octanol–water partition coefficient (Wildman–Crippen LogP) is 16.1. The van der Waals surface area contributed by atoms with Gasteiger partial charge in [-0.3, -0.25) is 0 Å². The molecule has 12 rings (SSSR count). The lowest BCUT2D eigenvalue weighted by Crippen LogP contribution is -2.18. The van der Waals surface area contributed by atoms with Gasteiger partial charge in [0.15, 0.2) is 0 Å². The van der Waals surface area contributed by atoms with E-state index in [1.54, 1.807) is 0 Å². The van der Waals surface area contributed by atoms with Gasteiger partial charge in [-0.1, -0.05) is 158 Å². The Morgan fingerprint density at radius 2 is 1.10 bits per heavy atom. The van der Waals surface area contributed by atoms with Gasteiger partial charge >= 0.3 is 0 Å². The molecule has 1 aliphatic carbocycles. The zero-order valence-corrected chi connectivity index (χ0v) is 33.2. The number of allylic oxidation sites excluding steroid dienone is 4. The van der Waals surface area contributed by atoms with E-state index in [2.05, 4.69) is 193 Å². The van der Waals surface area contributed by atoms with E-state index in [1.807, 2.05) is 24.3 Å². The maximum absolute atomic E-state index is 6.48. The molecule has 61 heavy (non-hydrogen) atoms. The van der Waals surface area contributed by atoms with Crippen LogP contribution in [-0.2, 0) is 0 Å². The molecule has 1 aliphatic rings. The highest BCUT2D eigenvalue weighted by Crippen LogP contribution is 2.44. The summed E-state index contributed by atoms with van der Waals surface area (Å²) in [6.45, 7) is 0. The van der Waals surface area contributed by atoms with Crippen molar-refractivity contribution < 1.29 is 8.83 Å². The Labute approximate surface area is 353 Å². The minimum Gasteiger partial charge on any atom is -0.455 e. The van der Waals surface area contributed by atoms with E-state index in [0.29, 0.717) is 0 Å². The number of nitrogens with zero attached hydrogens (tertiary/aromatic N) is 1. The van der Waals surface area contributed by atoms with Crippen LogP contribution in [0.5, 0.6) is 0 Å². The third-order valence-corrected chi connectivity index (χ3v) is 12.2. The minimum atomic E-state index is 0.801. The molecule has 0 radical (unpaired) electrons. The van der Waals surface area contributed by atoms with E-state index in [9.17, 15) is 0 Å². The predicted molar refractivity (Wildman–Crippen MR) is 253 cm³/mol. The summed E-state index contributed by atoms with van der Waals surface area (Å²) in [6, 6.07) is 73.7. The van der Waals surface area contributed by atoms with Gasteiger partial charge in [0, 0.05) is 44.2 Å². The number of benzene rings is 8. The van der Waals surface area contributed by atoms with Gasteiger partial charge in [-0.25, -0.2) is 0 Å².